The van der Waals surface area contributed by atoms with Gasteiger partial charge in [0.15, 0.2) is 0 Å². The van der Waals surface area contributed by atoms with Gasteiger partial charge in [0.2, 0.25) is 11.8 Å². The minimum atomic E-state index is -0.153. The second-order valence-corrected chi connectivity index (χ2v) is 10.8. The summed E-state index contributed by atoms with van der Waals surface area (Å²) in [6, 6.07) is 9.71. The van der Waals surface area contributed by atoms with Gasteiger partial charge in [0.25, 0.3) is 0 Å². The molecule has 5 nitrogen and oxygen atoms in total. The second-order valence-electron chi connectivity index (χ2n) is 8.64. The summed E-state index contributed by atoms with van der Waals surface area (Å²) in [4.78, 5) is 26.0. The van der Waals surface area contributed by atoms with Crippen molar-refractivity contribution in [3.8, 4) is 6.07 Å². The van der Waals surface area contributed by atoms with Gasteiger partial charge >= 0.3 is 0 Å². The van der Waals surface area contributed by atoms with Gasteiger partial charge in [-0.25, -0.2) is 0 Å². The number of nitrogens with one attached hydrogen (secondary N) is 2. The lowest BCUT2D eigenvalue weighted by Crippen LogP contribution is -2.26. The van der Waals surface area contributed by atoms with Crippen LogP contribution in [0.1, 0.15) is 50.1 Å². The van der Waals surface area contributed by atoms with Crippen molar-refractivity contribution < 1.29 is 9.59 Å². The molecule has 0 radical (unpaired) electrons. The number of benzene rings is 1. The summed E-state index contributed by atoms with van der Waals surface area (Å²) in [5.74, 6) is 0.484. The molecule has 158 valence electrons. The van der Waals surface area contributed by atoms with Crippen LogP contribution in [0.4, 0.5) is 10.7 Å². The molecule has 1 aromatic heterocycles. The third-order valence-electron chi connectivity index (χ3n) is 5.41. The maximum absolute atomic E-state index is 12.6. The fourth-order valence-corrected chi connectivity index (χ4v) is 5.83. The quantitative estimate of drug-likeness (QED) is 0.604. The van der Waals surface area contributed by atoms with Crippen molar-refractivity contribution in [2.24, 2.45) is 11.3 Å². The van der Waals surface area contributed by atoms with E-state index in [2.05, 4.69) is 37.5 Å². The summed E-state index contributed by atoms with van der Waals surface area (Å²) in [5, 5.41) is 16.1. The van der Waals surface area contributed by atoms with Crippen LogP contribution in [0.3, 0.4) is 0 Å². The van der Waals surface area contributed by atoms with Crippen LogP contribution in [0.5, 0.6) is 0 Å². The van der Waals surface area contributed by atoms with Crippen molar-refractivity contribution in [3.05, 3.63) is 40.3 Å². The van der Waals surface area contributed by atoms with E-state index in [9.17, 15) is 14.9 Å². The number of thiophene rings is 1. The van der Waals surface area contributed by atoms with Crippen LogP contribution < -0.4 is 10.6 Å². The highest BCUT2D eigenvalue weighted by atomic mass is 32.2. The van der Waals surface area contributed by atoms with Crippen LogP contribution in [0.15, 0.2) is 29.2 Å². The lowest BCUT2D eigenvalue weighted by atomic mass is 9.72. The number of anilines is 2. The molecule has 0 bridgehead atoms. The van der Waals surface area contributed by atoms with Gasteiger partial charge in [-0.05, 0) is 48.3 Å². The van der Waals surface area contributed by atoms with E-state index in [1.165, 1.54) is 23.6 Å². The molecule has 0 saturated heterocycles. The molecule has 1 heterocycles. The van der Waals surface area contributed by atoms with Crippen molar-refractivity contribution in [1.82, 2.24) is 0 Å². The Labute approximate surface area is 186 Å². The molecule has 2 N–H and O–H groups in total. The van der Waals surface area contributed by atoms with Crippen LogP contribution in [-0.4, -0.2) is 17.6 Å². The van der Waals surface area contributed by atoms with E-state index < -0.39 is 0 Å². The van der Waals surface area contributed by atoms with Gasteiger partial charge in [-0.3, -0.25) is 9.59 Å². The van der Waals surface area contributed by atoms with E-state index in [0.717, 1.165) is 29.7 Å². The van der Waals surface area contributed by atoms with Crippen LogP contribution in [0, 0.1) is 22.7 Å². The maximum atomic E-state index is 12.6. The minimum absolute atomic E-state index is 0.149. The van der Waals surface area contributed by atoms with Crippen LogP contribution >= 0.6 is 23.1 Å². The van der Waals surface area contributed by atoms with Gasteiger partial charge in [0, 0.05) is 16.7 Å². The average molecular weight is 442 g/mol. The lowest BCUT2D eigenvalue weighted by Gasteiger charge is -2.33. The predicted octanol–water partition coefficient (Wildman–Crippen LogP) is 5.46. The summed E-state index contributed by atoms with van der Waals surface area (Å²) in [6.45, 7) is 8.25. The monoisotopic (exact) mass is 441 g/mol. The summed E-state index contributed by atoms with van der Waals surface area (Å²) >= 11 is 2.91. The molecule has 7 heteroatoms. The topological polar surface area (TPSA) is 82.0 Å². The molecular formula is C23H27N3O2S2. The van der Waals surface area contributed by atoms with Crippen molar-refractivity contribution >= 4 is 45.6 Å². The number of fused-ring (bicyclic) bond motifs is 1. The molecule has 1 aromatic carbocycles. The Bertz CT molecular complexity index is 999. The number of rotatable bonds is 5. The van der Waals surface area contributed by atoms with Crippen molar-refractivity contribution in [2.75, 3.05) is 16.4 Å². The number of nitriles is 1. The van der Waals surface area contributed by atoms with Gasteiger partial charge < -0.3 is 10.6 Å². The van der Waals surface area contributed by atoms with E-state index in [1.54, 1.807) is 11.3 Å². The zero-order valence-electron chi connectivity index (χ0n) is 17.8. The lowest BCUT2D eigenvalue weighted by molar-refractivity contribution is -0.114. The fraction of sp³-hybridized carbons (Fsp3) is 0.435. The molecule has 0 unspecified atom stereocenters. The summed E-state index contributed by atoms with van der Waals surface area (Å²) in [6.07, 6.45) is 2.93. The van der Waals surface area contributed by atoms with E-state index >= 15 is 0 Å². The largest absolute Gasteiger partial charge is 0.325 e. The van der Waals surface area contributed by atoms with E-state index in [0.29, 0.717) is 22.2 Å². The summed E-state index contributed by atoms with van der Waals surface area (Å²) in [5.41, 5.74) is 2.66. The Morgan fingerprint density at radius 3 is 2.67 bits per heavy atom. The molecule has 1 aliphatic rings. The number of nitrogens with zero attached hydrogens (tertiary/aromatic N) is 1. The number of hydrogen-bond donors (Lipinski definition) is 2. The van der Waals surface area contributed by atoms with Crippen LogP contribution in [-0.2, 0) is 22.4 Å². The predicted molar refractivity (Wildman–Crippen MR) is 124 cm³/mol. The fourth-order valence-electron chi connectivity index (χ4n) is 3.72. The first-order valence-electron chi connectivity index (χ1n) is 10.0. The molecule has 0 spiro atoms. The van der Waals surface area contributed by atoms with Gasteiger partial charge in [-0.2, -0.15) is 5.26 Å². The Morgan fingerprint density at radius 2 is 2.00 bits per heavy atom. The number of carbonyl (C=O) groups excluding carboxylic acids is 2. The molecule has 2 amide bonds. The number of para-hydroxylation sites is 1. The molecule has 0 saturated carbocycles. The van der Waals surface area contributed by atoms with E-state index in [1.807, 2.05) is 24.3 Å². The number of amides is 2. The highest BCUT2D eigenvalue weighted by Gasteiger charge is 2.32. The molecule has 2 aromatic rings. The molecular weight excluding hydrogens is 414 g/mol. The smallest absolute Gasteiger partial charge is 0.235 e. The zero-order valence-corrected chi connectivity index (χ0v) is 19.4. The molecule has 3 rings (SSSR count). The Kier molecular flexibility index (Phi) is 6.89. The van der Waals surface area contributed by atoms with Gasteiger partial charge in [0.1, 0.15) is 11.1 Å². The van der Waals surface area contributed by atoms with Crippen molar-refractivity contribution in [2.45, 2.75) is 51.9 Å². The normalized spacial score (nSPS) is 15.8. The van der Waals surface area contributed by atoms with Gasteiger partial charge in [0.05, 0.1) is 17.0 Å². The summed E-state index contributed by atoms with van der Waals surface area (Å²) < 4.78 is 0. The van der Waals surface area contributed by atoms with Crippen molar-refractivity contribution in [1.29, 1.82) is 5.26 Å². The van der Waals surface area contributed by atoms with Gasteiger partial charge in [-0.15, -0.1) is 23.1 Å². The molecule has 1 aliphatic carbocycles. The first kappa shape index (κ1) is 22.4. The highest BCUT2D eigenvalue weighted by Crippen LogP contribution is 2.44. The minimum Gasteiger partial charge on any atom is -0.325 e. The number of hydrogen-bond acceptors (Lipinski definition) is 5. The van der Waals surface area contributed by atoms with Crippen molar-refractivity contribution in [3.63, 3.8) is 0 Å². The SMILES string of the molecule is CC(=O)Nc1ccccc1SCC(=O)Nc1sc2c(c1C#N)CC[C@H](C(C)(C)C)C2. The van der Waals surface area contributed by atoms with Gasteiger partial charge in [-0.1, -0.05) is 32.9 Å². The first-order valence-corrected chi connectivity index (χ1v) is 11.8. The Hall–Kier alpha value is -2.30. The Balaban J connectivity index is 1.69. The summed E-state index contributed by atoms with van der Waals surface area (Å²) in [7, 11) is 0. The Morgan fingerprint density at radius 1 is 1.27 bits per heavy atom. The van der Waals surface area contributed by atoms with Crippen LogP contribution in [0.2, 0.25) is 0 Å². The third kappa shape index (κ3) is 5.24. The molecule has 30 heavy (non-hydrogen) atoms. The molecule has 1 atom stereocenters. The van der Waals surface area contributed by atoms with E-state index in [4.69, 9.17) is 0 Å². The first-order chi connectivity index (χ1) is 14.2. The average Bonchev–Trinajstić information content (AvgIpc) is 3.02. The molecule has 0 aliphatic heterocycles. The number of thioether (sulfide) groups is 1. The molecule has 0 fully saturated rings. The second kappa shape index (κ2) is 9.23. The highest BCUT2D eigenvalue weighted by molar-refractivity contribution is 8.00. The third-order valence-corrected chi connectivity index (χ3v) is 7.65. The van der Waals surface area contributed by atoms with Crippen LogP contribution in [0.25, 0.3) is 0 Å². The van der Waals surface area contributed by atoms with E-state index in [-0.39, 0.29) is 23.0 Å². The standard InChI is InChI=1S/C23H27N3O2S2/c1-14(27)25-18-7-5-6-8-19(18)29-13-21(28)26-22-17(12-24)16-10-9-15(23(2,3)4)11-20(16)30-22/h5-8,15H,9-11,13H2,1-4H3,(H,25,27)(H,26,28)/t15-/m0/s1. The maximum Gasteiger partial charge on any atom is 0.235 e. The zero-order chi connectivity index (χ0) is 21.9. The number of carbonyl (C=O) groups is 2.